The standard InChI is InChI=1S/C12H10ClNO3/c1-8(15)7-16-11-3-2-9(13)6-10(11)12-4-5-14-17-12/h2-6H,7H2,1H3. The molecule has 0 amide bonds. The fourth-order valence-electron chi connectivity index (χ4n) is 1.35. The highest BCUT2D eigenvalue weighted by atomic mass is 35.5. The molecule has 17 heavy (non-hydrogen) atoms. The van der Waals surface area contributed by atoms with Gasteiger partial charge in [0, 0.05) is 11.1 Å². The van der Waals surface area contributed by atoms with E-state index in [2.05, 4.69) is 5.16 Å². The first kappa shape index (κ1) is 11.7. The summed E-state index contributed by atoms with van der Waals surface area (Å²) >= 11 is 5.91. The SMILES string of the molecule is CC(=O)COc1ccc(Cl)cc1-c1ccno1. The summed E-state index contributed by atoms with van der Waals surface area (Å²) in [7, 11) is 0. The molecule has 1 aromatic heterocycles. The highest BCUT2D eigenvalue weighted by molar-refractivity contribution is 6.30. The molecule has 1 heterocycles. The summed E-state index contributed by atoms with van der Waals surface area (Å²) < 4.78 is 10.4. The average molecular weight is 252 g/mol. The van der Waals surface area contributed by atoms with E-state index in [1.807, 2.05) is 0 Å². The van der Waals surface area contributed by atoms with Gasteiger partial charge in [0.25, 0.3) is 0 Å². The highest BCUT2D eigenvalue weighted by Gasteiger charge is 2.11. The lowest BCUT2D eigenvalue weighted by atomic mass is 10.1. The number of benzene rings is 1. The van der Waals surface area contributed by atoms with E-state index >= 15 is 0 Å². The second-order valence-electron chi connectivity index (χ2n) is 3.51. The van der Waals surface area contributed by atoms with E-state index in [0.717, 1.165) is 0 Å². The number of ketones is 1. The van der Waals surface area contributed by atoms with Gasteiger partial charge < -0.3 is 9.26 Å². The van der Waals surface area contributed by atoms with Gasteiger partial charge in [-0.3, -0.25) is 4.79 Å². The minimum absolute atomic E-state index is 0.0166. The Labute approximate surface area is 103 Å². The molecule has 5 heteroatoms. The normalized spacial score (nSPS) is 10.2. The van der Waals surface area contributed by atoms with Crippen LogP contribution in [0.3, 0.4) is 0 Å². The zero-order chi connectivity index (χ0) is 12.3. The van der Waals surface area contributed by atoms with E-state index in [0.29, 0.717) is 22.1 Å². The van der Waals surface area contributed by atoms with Gasteiger partial charge in [-0.1, -0.05) is 16.8 Å². The summed E-state index contributed by atoms with van der Waals surface area (Å²) in [5.41, 5.74) is 0.677. The third-order valence-electron chi connectivity index (χ3n) is 2.08. The van der Waals surface area contributed by atoms with Gasteiger partial charge in [0.2, 0.25) is 0 Å². The fraction of sp³-hybridized carbons (Fsp3) is 0.167. The largest absolute Gasteiger partial charge is 0.485 e. The first-order valence-corrected chi connectivity index (χ1v) is 5.37. The summed E-state index contributed by atoms with van der Waals surface area (Å²) in [6, 6.07) is 6.80. The van der Waals surface area contributed by atoms with Gasteiger partial charge in [-0.2, -0.15) is 0 Å². The second kappa shape index (κ2) is 5.01. The molecule has 0 N–H and O–H groups in total. The summed E-state index contributed by atoms with van der Waals surface area (Å²) in [5, 5.41) is 4.19. The quantitative estimate of drug-likeness (QED) is 0.838. The van der Waals surface area contributed by atoms with Crippen molar-refractivity contribution in [1.29, 1.82) is 0 Å². The second-order valence-corrected chi connectivity index (χ2v) is 3.94. The molecule has 0 bridgehead atoms. The molecule has 0 unspecified atom stereocenters. The molecule has 88 valence electrons. The van der Waals surface area contributed by atoms with Crippen LogP contribution in [-0.2, 0) is 4.79 Å². The van der Waals surface area contributed by atoms with E-state index in [9.17, 15) is 4.79 Å². The van der Waals surface area contributed by atoms with Gasteiger partial charge >= 0.3 is 0 Å². The summed E-state index contributed by atoms with van der Waals surface area (Å²) in [6.45, 7) is 1.48. The van der Waals surface area contributed by atoms with Crippen LogP contribution in [0.2, 0.25) is 5.02 Å². The van der Waals surface area contributed by atoms with Gasteiger partial charge in [-0.15, -0.1) is 0 Å². The lowest BCUT2D eigenvalue weighted by Gasteiger charge is -2.08. The predicted octanol–water partition coefficient (Wildman–Crippen LogP) is 2.96. The third-order valence-corrected chi connectivity index (χ3v) is 2.31. The molecule has 0 aliphatic carbocycles. The molecule has 2 aromatic rings. The van der Waals surface area contributed by atoms with Crippen molar-refractivity contribution in [3.8, 4) is 17.1 Å². The third kappa shape index (κ3) is 2.85. The van der Waals surface area contributed by atoms with Crippen LogP contribution in [0.4, 0.5) is 0 Å². The predicted molar refractivity (Wildman–Crippen MR) is 63.1 cm³/mol. The fourth-order valence-corrected chi connectivity index (χ4v) is 1.53. The Balaban J connectivity index is 2.34. The molecule has 0 spiro atoms. The number of Topliss-reactive ketones (excluding diaryl/α,β-unsaturated/α-hetero) is 1. The Kier molecular flexibility index (Phi) is 3.44. The van der Waals surface area contributed by atoms with Crippen LogP contribution in [0.15, 0.2) is 35.0 Å². The van der Waals surface area contributed by atoms with Crippen LogP contribution in [0.5, 0.6) is 5.75 Å². The molecule has 0 saturated carbocycles. The number of rotatable bonds is 4. The molecular weight excluding hydrogens is 242 g/mol. The van der Waals surface area contributed by atoms with Gasteiger partial charge in [-0.25, -0.2) is 0 Å². The Hall–Kier alpha value is -1.81. The van der Waals surface area contributed by atoms with E-state index in [4.69, 9.17) is 20.9 Å². The average Bonchev–Trinajstić information content (AvgIpc) is 2.80. The molecule has 0 radical (unpaired) electrons. The van der Waals surface area contributed by atoms with Gasteiger partial charge in [0.05, 0.1) is 11.8 Å². The van der Waals surface area contributed by atoms with Crippen molar-refractivity contribution in [2.24, 2.45) is 0 Å². The summed E-state index contributed by atoms with van der Waals surface area (Å²) in [6.07, 6.45) is 1.53. The zero-order valence-corrected chi connectivity index (χ0v) is 9.90. The van der Waals surface area contributed by atoms with Crippen LogP contribution in [-0.4, -0.2) is 17.5 Å². The summed E-state index contributed by atoms with van der Waals surface area (Å²) in [4.78, 5) is 10.9. The van der Waals surface area contributed by atoms with E-state index in [1.54, 1.807) is 24.3 Å². The molecule has 4 nitrogen and oxygen atoms in total. The summed E-state index contributed by atoms with van der Waals surface area (Å²) in [5.74, 6) is 1.04. The van der Waals surface area contributed by atoms with Crippen LogP contribution < -0.4 is 4.74 Å². The molecule has 1 aromatic carbocycles. The Bertz CT molecular complexity index is 523. The lowest BCUT2D eigenvalue weighted by Crippen LogP contribution is -2.07. The maximum atomic E-state index is 10.9. The van der Waals surface area contributed by atoms with Crippen molar-refractivity contribution in [2.45, 2.75) is 6.92 Å². The van der Waals surface area contributed by atoms with Crippen LogP contribution >= 0.6 is 11.6 Å². The van der Waals surface area contributed by atoms with Crippen molar-refractivity contribution in [2.75, 3.05) is 6.61 Å². The van der Waals surface area contributed by atoms with Crippen molar-refractivity contribution >= 4 is 17.4 Å². The van der Waals surface area contributed by atoms with Crippen molar-refractivity contribution in [3.05, 3.63) is 35.5 Å². The first-order chi connectivity index (χ1) is 8.16. The number of nitrogens with zero attached hydrogens (tertiary/aromatic N) is 1. The van der Waals surface area contributed by atoms with Crippen LogP contribution in [0.25, 0.3) is 11.3 Å². The van der Waals surface area contributed by atoms with E-state index < -0.39 is 0 Å². The maximum absolute atomic E-state index is 10.9. The van der Waals surface area contributed by atoms with Gasteiger partial charge in [0.15, 0.2) is 11.5 Å². The number of aromatic nitrogens is 1. The Morgan fingerprint density at radius 1 is 1.47 bits per heavy atom. The van der Waals surface area contributed by atoms with Crippen molar-refractivity contribution in [3.63, 3.8) is 0 Å². The van der Waals surface area contributed by atoms with Crippen LogP contribution in [0.1, 0.15) is 6.92 Å². The monoisotopic (exact) mass is 251 g/mol. The zero-order valence-electron chi connectivity index (χ0n) is 9.14. The molecule has 0 atom stereocenters. The Morgan fingerprint density at radius 2 is 2.29 bits per heavy atom. The highest BCUT2D eigenvalue weighted by Crippen LogP contribution is 2.32. The molecule has 0 aliphatic rings. The molecule has 0 aliphatic heterocycles. The number of hydrogen-bond donors (Lipinski definition) is 0. The van der Waals surface area contributed by atoms with E-state index in [1.165, 1.54) is 13.1 Å². The van der Waals surface area contributed by atoms with Crippen molar-refractivity contribution < 1.29 is 14.1 Å². The minimum Gasteiger partial charge on any atom is -0.485 e. The molecule has 0 saturated heterocycles. The van der Waals surface area contributed by atoms with Crippen molar-refractivity contribution in [1.82, 2.24) is 5.16 Å². The van der Waals surface area contributed by atoms with Crippen LogP contribution in [0, 0.1) is 0 Å². The molecular formula is C12H10ClNO3. The number of ether oxygens (including phenoxy) is 1. The van der Waals surface area contributed by atoms with Gasteiger partial charge in [-0.05, 0) is 25.1 Å². The Morgan fingerprint density at radius 3 is 2.94 bits per heavy atom. The smallest absolute Gasteiger partial charge is 0.170 e. The first-order valence-electron chi connectivity index (χ1n) is 4.99. The minimum atomic E-state index is -0.0523. The number of carbonyl (C=O) groups is 1. The number of carbonyl (C=O) groups excluding carboxylic acids is 1. The van der Waals surface area contributed by atoms with Gasteiger partial charge in [0.1, 0.15) is 12.4 Å². The molecule has 0 fully saturated rings. The number of hydrogen-bond acceptors (Lipinski definition) is 4. The lowest BCUT2D eigenvalue weighted by molar-refractivity contribution is -0.118. The molecule has 2 rings (SSSR count). The van der Waals surface area contributed by atoms with E-state index in [-0.39, 0.29) is 12.4 Å². The number of halogens is 1. The topological polar surface area (TPSA) is 52.3 Å². The maximum Gasteiger partial charge on any atom is 0.170 e.